The zero-order valence-electron chi connectivity index (χ0n) is 10.2. The first-order chi connectivity index (χ1) is 7.00. The lowest BCUT2D eigenvalue weighted by Gasteiger charge is -2.35. The average Bonchev–Trinajstić information content (AvgIpc) is 2.18. The third kappa shape index (κ3) is 3.82. The summed E-state index contributed by atoms with van der Waals surface area (Å²) in [6.07, 6.45) is 2.64. The highest BCUT2D eigenvalue weighted by Gasteiger charge is 2.25. The predicted octanol–water partition coefficient (Wildman–Crippen LogP) is 1.62. The van der Waals surface area contributed by atoms with Crippen LogP contribution in [0.2, 0.25) is 0 Å². The van der Waals surface area contributed by atoms with E-state index in [9.17, 15) is 4.79 Å². The summed E-state index contributed by atoms with van der Waals surface area (Å²) in [6.45, 7) is 8.14. The van der Waals surface area contributed by atoms with Gasteiger partial charge in [-0.2, -0.15) is 0 Å². The molecule has 2 N–H and O–H groups in total. The molecule has 15 heavy (non-hydrogen) atoms. The maximum Gasteiger partial charge on any atom is 0.222 e. The SMILES string of the molecule is CC(C)CCC(=O)N1CCC(N)C(C)C1. The zero-order chi connectivity index (χ0) is 11.4. The minimum absolute atomic E-state index is 0.277. The van der Waals surface area contributed by atoms with Crippen molar-refractivity contribution in [1.29, 1.82) is 0 Å². The minimum Gasteiger partial charge on any atom is -0.342 e. The van der Waals surface area contributed by atoms with Crippen LogP contribution in [0.15, 0.2) is 0 Å². The number of likely N-dealkylation sites (tertiary alicyclic amines) is 1. The third-order valence-corrected chi connectivity index (χ3v) is 3.26. The normalized spacial score (nSPS) is 27.1. The van der Waals surface area contributed by atoms with Gasteiger partial charge in [0.1, 0.15) is 0 Å². The van der Waals surface area contributed by atoms with Gasteiger partial charge in [-0.1, -0.05) is 20.8 Å². The van der Waals surface area contributed by atoms with Gasteiger partial charge in [0.15, 0.2) is 0 Å². The summed E-state index contributed by atoms with van der Waals surface area (Å²) in [6, 6.07) is 0.277. The predicted molar refractivity (Wildman–Crippen MR) is 62.4 cm³/mol. The number of carbonyl (C=O) groups excluding carboxylic acids is 1. The van der Waals surface area contributed by atoms with Crippen molar-refractivity contribution < 1.29 is 4.79 Å². The fourth-order valence-electron chi connectivity index (χ4n) is 1.96. The van der Waals surface area contributed by atoms with Crippen LogP contribution in [-0.4, -0.2) is 29.9 Å². The zero-order valence-corrected chi connectivity index (χ0v) is 10.2. The number of piperidine rings is 1. The number of nitrogens with zero attached hydrogens (tertiary/aromatic N) is 1. The molecule has 0 spiro atoms. The molecule has 3 heteroatoms. The number of hydrogen-bond donors (Lipinski definition) is 1. The average molecular weight is 212 g/mol. The summed E-state index contributed by atoms with van der Waals surface area (Å²) in [5.74, 6) is 1.36. The Bertz CT molecular complexity index is 216. The van der Waals surface area contributed by atoms with Gasteiger partial charge in [-0.05, 0) is 24.7 Å². The highest BCUT2D eigenvalue weighted by atomic mass is 16.2. The van der Waals surface area contributed by atoms with Gasteiger partial charge in [0.2, 0.25) is 5.91 Å². The van der Waals surface area contributed by atoms with Crippen LogP contribution in [0.4, 0.5) is 0 Å². The molecule has 1 saturated heterocycles. The Kier molecular flexibility index (Phi) is 4.58. The van der Waals surface area contributed by atoms with Gasteiger partial charge in [-0.3, -0.25) is 4.79 Å². The molecule has 1 aliphatic heterocycles. The molecule has 0 aromatic carbocycles. The van der Waals surface area contributed by atoms with Gasteiger partial charge >= 0.3 is 0 Å². The molecule has 0 aromatic rings. The van der Waals surface area contributed by atoms with Crippen LogP contribution < -0.4 is 5.73 Å². The second-order valence-corrected chi connectivity index (χ2v) is 5.20. The molecule has 0 saturated carbocycles. The van der Waals surface area contributed by atoms with Crippen LogP contribution in [0.5, 0.6) is 0 Å². The lowest BCUT2D eigenvalue weighted by Crippen LogP contribution is -2.48. The van der Waals surface area contributed by atoms with Crippen LogP contribution in [0, 0.1) is 11.8 Å². The van der Waals surface area contributed by atoms with Crippen molar-refractivity contribution in [2.75, 3.05) is 13.1 Å². The number of nitrogens with two attached hydrogens (primary N) is 1. The highest BCUT2D eigenvalue weighted by Crippen LogP contribution is 2.16. The number of rotatable bonds is 3. The largest absolute Gasteiger partial charge is 0.342 e. The van der Waals surface area contributed by atoms with Crippen molar-refractivity contribution in [3.8, 4) is 0 Å². The fourth-order valence-corrected chi connectivity index (χ4v) is 1.96. The van der Waals surface area contributed by atoms with Crippen LogP contribution in [-0.2, 0) is 4.79 Å². The second-order valence-electron chi connectivity index (χ2n) is 5.20. The quantitative estimate of drug-likeness (QED) is 0.772. The molecule has 88 valence electrons. The molecule has 0 aliphatic carbocycles. The third-order valence-electron chi connectivity index (χ3n) is 3.26. The van der Waals surface area contributed by atoms with Crippen molar-refractivity contribution in [1.82, 2.24) is 4.90 Å². The van der Waals surface area contributed by atoms with Gasteiger partial charge in [-0.25, -0.2) is 0 Å². The van der Waals surface area contributed by atoms with E-state index in [2.05, 4.69) is 20.8 Å². The topological polar surface area (TPSA) is 46.3 Å². The van der Waals surface area contributed by atoms with Crippen LogP contribution in [0.1, 0.15) is 40.0 Å². The molecule has 1 heterocycles. The Labute approximate surface area is 93.0 Å². The number of amides is 1. The van der Waals surface area contributed by atoms with E-state index in [0.717, 1.165) is 25.9 Å². The Morgan fingerprint density at radius 1 is 1.53 bits per heavy atom. The molecular weight excluding hydrogens is 188 g/mol. The van der Waals surface area contributed by atoms with E-state index >= 15 is 0 Å². The second kappa shape index (κ2) is 5.50. The first kappa shape index (κ1) is 12.5. The molecule has 0 bridgehead atoms. The number of carbonyl (C=O) groups is 1. The fraction of sp³-hybridized carbons (Fsp3) is 0.917. The maximum absolute atomic E-state index is 11.8. The van der Waals surface area contributed by atoms with Gasteiger partial charge in [0.05, 0.1) is 0 Å². The van der Waals surface area contributed by atoms with Crippen molar-refractivity contribution in [2.45, 2.75) is 46.1 Å². The molecule has 2 unspecified atom stereocenters. The molecular formula is C12H24N2O. The summed E-state index contributed by atoms with van der Waals surface area (Å²) >= 11 is 0. The summed E-state index contributed by atoms with van der Waals surface area (Å²) in [4.78, 5) is 13.8. The Morgan fingerprint density at radius 3 is 2.73 bits per heavy atom. The lowest BCUT2D eigenvalue weighted by atomic mass is 9.94. The van der Waals surface area contributed by atoms with Crippen LogP contribution in [0.25, 0.3) is 0 Å². The Morgan fingerprint density at radius 2 is 2.20 bits per heavy atom. The maximum atomic E-state index is 11.8. The molecule has 3 nitrogen and oxygen atoms in total. The first-order valence-electron chi connectivity index (χ1n) is 6.04. The molecule has 0 radical (unpaired) electrons. The van der Waals surface area contributed by atoms with Crippen molar-refractivity contribution >= 4 is 5.91 Å². The van der Waals surface area contributed by atoms with Crippen LogP contribution in [0.3, 0.4) is 0 Å². The smallest absolute Gasteiger partial charge is 0.222 e. The monoisotopic (exact) mass is 212 g/mol. The van der Waals surface area contributed by atoms with Crippen LogP contribution >= 0.6 is 0 Å². The van der Waals surface area contributed by atoms with Crippen molar-refractivity contribution in [3.63, 3.8) is 0 Å². The first-order valence-corrected chi connectivity index (χ1v) is 6.04. The molecule has 2 atom stereocenters. The summed E-state index contributed by atoms with van der Waals surface area (Å²) in [5, 5.41) is 0. The molecule has 1 fully saturated rings. The van der Waals surface area contributed by atoms with E-state index in [-0.39, 0.29) is 6.04 Å². The standard InChI is InChI=1S/C12H24N2O/c1-9(2)4-5-12(15)14-7-6-11(13)10(3)8-14/h9-11H,4-8,13H2,1-3H3. The Hall–Kier alpha value is -0.570. The molecule has 0 aromatic heterocycles. The van der Waals surface area contributed by atoms with Crippen molar-refractivity contribution in [3.05, 3.63) is 0 Å². The summed E-state index contributed by atoms with van der Waals surface area (Å²) in [7, 11) is 0. The molecule has 1 amide bonds. The number of hydrogen-bond acceptors (Lipinski definition) is 2. The van der Waals surface area contributed by atoms with E-state index in [1.165, 1.54) is 0 Å². The van der Waals surface area contributed by atoms with Gasteiger partial charge < -0.3 is 10.6 Å². The summed E-state index contributed by atoms with van der Waals surface area (Å²) < 4.78 is 0. The lowest BCUT2D eigenvalue weighted by molar-refractivity contribution is -0.133. The van der Waals surface area contributed by atoms with Gasteiger partial charge in [0, 0.05) is 25.6 Å². The van der Waals surface area contributed by atoms with Gasteiger partial charge in [-0.15, -0.1) is 0 Å². The van der Waals surface area contributed by atoms with E-state index < -0.39 is 0 Å². The van der Waals surface area contributed by atoms with E-state index in [0.29, 0.717) is 24.2 Å². The summed E-state index contributed by atoms with van der Waals surface area (Å²) in [5.41, 5.74) is 5.92. The van der Waals surface area contributed by atoms with E-state index in [1.807, 2.05) is 4.90 Å². The van der Waals surface area contributed by atoms with E-state index in [4.69, 9.17) is 5.73 Å². The molecule has 1 rings (SSSR count). The van der Waals surface area contributed by atoms with E-state index in [1.54, 1.807) is 0 Å². The van der Waals surface area contributed by atoms with Gasteiger partial charge in [0.25, 0.3) is 0 Å². The Balaban J connectivity index is 2.34. The highest BCUT2D eigenvalue weighted by molar-refractivity contribution is 5.76. The van der Waals surface area contributed by atoms with Crippen molar-refractivity contribution in [2.24, 2.45) is 17.6 Å². The minimum atomic E-state index is 0.277. The molecule has 1 aliphatic rings.